The molecule has 4 aromatic rings. The summed E-state index contributed by atoms with van der Waals surface area (Å²) in [6, 6.07) is 14.7. The highest BCUT2D eigenvalue weighted by Crippen LogP contribution is 2.31. The maximum absolute atomic E-state index is 12.5. The Bertz CT molecular complexity index is 1340. The number of aryl methyl sites for hydroxylation is 1. The minimum Gasteiger partial charge on any atom is -0.497 e. The normalized spacial score (nSPS) is 11.1. The molecule has 0 saturated carbocycles. The first-order valence-electron chi connectivity index (χ1n) is 11.6. The van der Waals surface area contributed by atoms with E-state index in [0.29, 0.717) is 41.1 Å². The first kappa shape index (κ1) is 25.0. The second-order valence-electron chi connectivity index (χ2n) is 8.68. The van der Waals surface area contributed by atoms with Crippen molar-refractivity contribution in [3.8, 4) is 23.0 Å². The number of pyridine rings is 1. The maximum atomic E-state index is 12.5. The van der Waals surface area contributed by atoms with Crippen LogP contribution in [0.2, 0.25) is 0 Å². The average molecular weight is 490 g/mol. The number of ketones is 1. The molecule has 2 heterocycles. The molecule has 2 aromatic heterocycles. The summed E-state index contributed by atoms with van der Waals surface area (Å²) >= 11 is 0. The standard InChI is InChI=1S/C27H31N5O4/c1-31(2)12-6-7-26(33)24-17-20(10-11-28-24)36-19-8-9-25-23(16-19)30-27(32(25)3)29-18-13-21(34-4)15-22(14-18)35-5/h8-11,13-17H,6-7,12H2,1-5H3,(H,29,30). The topological polar surface area (TPSA) is 90.7 Å². The van der Waals surface area contributed by atoms with Gasteiger partial charge in [-0.15, -0.1) is 0 Å². The number of carbonyl (C=O) groups excluding carboxylic acids is 1. The summed E-state index contributed by atoms with van der Waals surface area (Å²) in [5.74, 6) is 3.20. The number of aromatic nitrogens is 3. The summed E-state index contributed by atoms with van der Waals surface area (Å²) in [6.07, 6.45) is 2.83. The lowest BCUT2D eigenvalue weighted by molar-refractivity contribution is 0.0972. The van der Waals surface area contributed by atoms with Crippen molar-refractivity contribution in [2.75, 3.05) is 40.2 Å². The van der Waals surface area contributed by atoms with Gasteiger partial charge in [-0.1, -0.05) is 0 Å². The average Bonchev–Trinajstić information content (AvgIpc) is 3.17. The van der Waals surface area contributed by atoms with Crippen molar-refractivity contribution in [2.45, 2.75) is 12.8 Å². The lowest BCUT2D eigenvalue weighted by Crippen LogP contribution is -2.14. The highest BCUT2D eigenvalue weighted by Gasteiger charge is 2.13. The van der Waals surface area contributed by atoms with E-state index < -0.39 is 0 Å². The van der Waals surface area contributed by atoms with E-state index in [1.54, 1.807) is 32.5 Å². The van der Waals surface area contributed by atoms with Crippen LogP contribution >= 0.6 is 0 Å². The molecule has 0 atom stereocenters. The summed E-state index contributed by atoms with van der Waals surface area (Å²) in [7, 11) is 9.14. The first-order chi connectivity index (χ1) is 17.4. The Kier molecular flexibility index (Phi) is 7.70. The van der Waals surface area contributed by atoms with E-state index in [1.165, 1.54) is 0 Å². The Morgan fingerprint density at radius 1 is 0.972 bits per heavy atom. The van der Waals surface area contributed by atoms with Crippen molar-refractivity contribution in [2.24, 2.45) is 7.05 Å². The predicted octanol–water partition coefficient (Wildman–Crippen LogP) is 5.05. The fourth-order valence-electron chi connectivity index (χ4n) is 3.81. The van der Waals surface area contributed by atoms with Gasteiger partial charge >= 0.3 is 0 Å². The molecule has 9 nitrogen and oxygen atoms in total. The van der Waals surface area contributed by atoms with E-state index in [2.05, 4.69) is 15.2 Å². The molecule has 0 aliphatic rings. The van der Waals surface area contributed by atoms with Crippen LogP contribution in [0.5, 0.6) is 23.0 Å². The zero-order valence-corrected chi connectivity index (χ0v) is 21.2. The van der Waals surface area contributed by atoms with Crippen LogP contribution in [-0.2, 0) is 7.05 Å². The molecule has 1 N–H and O–H groups in total. The van der Waals surface area contributed by atoms with Crippen molar-refractivity contribution < 1.29 is 19.0 Å². The number of rotatable bonds is 11. The lowest BCUT2D eigenvalue weighted by Gasteiger charge is -2.10. The monoisotopic (exact) mass is 489 g/mol. The van der Waals surface area contributed by atoms with Crippen molar-refractivity contribution in [3.63, 3.8) is 0 Å². The van der Waals surface area contributed by atoms with Crippen LogP contribution in [0.1, 0.15) is 23.3 Å². The summed E-state index contributed by atoms with van der Waals surface area (Å²) in [4.78, 5) is 23.5. The third kappa shape index (κ3) is 5.92. The molecule has 0 radical (unpaired) electrons. The molecular weight excluding hydrogens is 458 g/mol. The smallest absolute Gasteiger partial charge is 0.208 e. The summed E-state index contributed by atoms with van der Waals surface area (Å²) < 4.78 is 18.7. The predicted molar refractivity (Wildman–Crippen MR) is 140 cm³/mol. The molecule has 0 aliphatic carbocycles. The van der Waals surface area contributed by atoms with Gasteiger partial charge in [0.2, 0.25) is 5.95 Å². The van der Waals surface area contributed by atoms with Gasteiger partial charge in [0, 0.05) is 55.7 Å². The van der Waals surface area contributed by atoms with E-state index in [1.807, 2.05) is 62.1 Å². The zero-order chi connectivity index (χ0) is 25.7. The fraction of sp³-hybridized carbons (Fsp3) is 0.296. The van der Waals surface area contributed by atoms with Crippen molar-refractivity contribution in [3.05, 3.63) is 60.4 Å². The molecule has 4 rings (SSSR count). The van der Waals surface area contributed by atoms with Gasteiger partial charge in [0.05, 0.1) is 25.3 Å². The second-order valence-corrected chi connectivity index (χ2v) is 8.68. The molecule has 0 saturated heterocycles. The largest absolute Gasteiger partial charge is 0.497 e. The van der Waals surface area contributed by atoms with E-state index in [-0.39, 0.29) is 5.78 Å². The molecule has 36 heavy (non-hydrogen) atoms. The maximum Gasteiger partial charge on any atom is 0.208 e. The Morgan fingerprint density at radius 3 is 2.39 bits per heavy atom. The van der Waals surface area contributed by atoms with Crippen LogP contribution in [0.3, 0.4) is 0 Å². The lowest BCUT2D eigenvalue weighted by atomic mass is 10.1. The Morgan fingerprint density at radius 2 is 1.69 bits per heavy atom. The summed E-state index contributed by atoms with van der Waals surface area (Å²) in [5, 5.41) is 3.33. The minimum absolute atomic E-state index is 0.00682. The second kappa shape index (κ2) is 11.1. The van der Waals surface area contributed by atoms with Crippen LogP contribution in [0, 0.1) is 0 Å². The van der Waals surface area contributed by atoms with Gasteiger partial charge in [-0.2, -0.15) is 0 Å². The van der Waals surface area contributed by atoms with Gasteiger partial charge in [0.1, 0.15) is 28.7 Å². The SMILES string of the molecule is COc1cc(Nc2nc3cc(Oc4ccnc(C(=O)CCCN(C)C)c4)ccc3n2C)cc(OC)c1. The number of hydrogen-bond donors (Lipinski definition) is 1. The number of nitrogens with zero attached hydrogens (tertiary/aromatic N) is 4. The van der Waals surface area contributed by atoms with E-state index in [0.717, 1.165) is 29.7 Å². The van der Waals surface area contributed by atoms with Crippen molar-refractivity contribution in [1.82, 2.24) is 19.4 Å². The molecule has 0 bridgehead atoms. The number of ether oxygens (including phenoxy) is 3. The van der Waals surface area contributed by atoms with Crippen LogP contribution in [0.4, 0.5) is 11.6 Å². The van der Waals surface area contributed by atoms with E-state index >= 15 is 0 Å². The number of imidazole rings is 1. The third-order valence-corrected chi connectivity index (χ3v) is 5.72. The van der Waals surface area contributed by atoms with Gasteiger partial charge in [-0.3, -0.25) is 9.78 Å². The fourth-order valence-corrected chi connectivity index (χ4v) is 3.81. The summed E-state index contributed by atoms with van der Waals surface area (Å²) in [5.41, 5.74) is 2.90. The quantitative estimate of drug-likeness (QED) is 0.293. The number of Topliss-reactive ketones (excluding diaryl/α,β-unsaturated/α-hetero) is 1. The molecule has 0 aliphatic heterocycles. The molecule has 0 unspecified atom stereocenters. The van der Waals surface area contributed by atoms with Crippen LogP contribution in [0.15, 0.2) is 54.7 Å². The number of benzene rings is 2. The molecule has 0 spiro atoms. The van der Waals surface area contributed by atoms with E-state index in [4.69, 9.17) is 19.2 Å². The molecule has 188 valence electrons. The number of nitrogens with one attached hydrogen (secondary N) is 1. The van der Waals surface area contributed by atoms with Crippen LogP contribution in [0.25, 0.3) is 11.0 Å². The number of methoxy groups -OCH3 is 2. The molecular formula is C27H31N5O4. The minimum atomic E-state index is 0.00682. The third-order valence-electron chi connectivity index (χ3n) is 5.72. The zero-order valence-electron chi connectivity index (χ0n) is 21.2. The summed E-state index contributed by atoms with van der Waals surface area (Å²) in [6.45, 7) is 0.855. The first-order valence-corrected chi connectivity index (χ1v) is 11.6. The Balaban J connectivity index is 1.51. The highest BCUT2D eigenvalue weighted by molar-refractivity contribution is 5.94. The van der Waals surface area contributed by atoms with Gasteiger partial charge in [-0.05, 0) is 45.3 Å². The number of hydrogen-bond acceptors (Lipinski definition) is 8. The van der Waals surface area contributed by atoms with Crippen LogP contribution in [-0.4, -0.2) is 60.1 Å². The molecule has 2 aromatic carbocycles. The highest BCUT2D eigenvalue weighted by atomic mass is 16.5. The van der Waals surface area contributed by atoms with Crippen molar-refractivity contribution in [1.29, 1.82) is 0 Å². The molecule has 0 fully saturated rings. The number of carbonyl (C=O) groups is 1. The Hall–Kier alpha value is -4.11. The van der Waals surface area contributed by atoms with Gasteiger partial charge in [0.15, 0.2) is 5.78 Å². The molecule has 0 amide bonds. The van der Waals surface area contributed by atoms with Gasteiger partial charge in [0.25, 0.3) is 0 Å². The molecule has 9 heteroatoms. The number of anilines is 2. The number of fused-ring (bicyclic) bond motifs is 1. The van der Waals surface area contributed by atoms with Gasteiger partial charge in [-0.25, -0.2) is 4.98 Å². The van der Waals surface area contributed by atoms with Crippen molar-refractivity contribution >= 4 is 28.5 Å². The van der Waals surface area contributed by atoms with Gasteiger partial charge < -0.3 is 29.0 Å². The Labute approximate surface area is 210 Å². The van der Waals surface area contributed by atoms with E-state index in [9.17, 15) is 4.79 Å². The van der Waals surface area contributed by atoms with Crippen LogP contribution < -0.4 is 19.5 Å².